The monoisotopic (exact) mass is 256 g/mol. The summed E-state index contributed by atoms with van der Waals surface area (Å²) < 4.78 is 5.69. The smallest absolute Gasteiger partial charge is 0.168 e. The number of pyridine rings is 1. The van der Waals surface area contributed by atoms with Gasteiger partial charge >= 0.3 is 0 Å². The van der Waals surface area contributed by atoms with E-state index in [0.717, 1.165) is 18.0 Å². The third-order valence-corrected chi connectivity index (χ3v) is 2.37. The van der Waals surface area contributed by atoms with Gasteiger partial charge in [0.15, 0.2) is 11.6 Å². The molecule has 4 heteroatoms. The first-order chi connectivity index (χ1) is 7.99. The lowest BCUT2D eigenvalue weighted by Crippen LogP contribution is -2.20. The molecule has 0 aromatic carbocycles. The van der Waals surface area contributed by atoms with Gasteiger partial charge in [-0.25, -0.2) is 4.98 Å². The molecule has 1 N–H and O–H groups in total. The Balaban J connectivity index is 2.69. The Morgan fingerprint density at radius 1 is 1.35 bits per heavy atom. The molecule has 17 heavy (non-hydrogen) atoms. The molecule has 0 aliphatic rings. The SMILES string of the molecule is CC(Cl)CC(C)Nc1ncccc1OC(C)C. The lowest BCUT2D eigenvalue weighted by atomic mass is 10.2. The number of anilines is 1. The summed E-state index contributed by atoms with van der Waals surface area (Å²) in [6, 6.07) is 4.07. The molecule has 1 aromatic rings. The molecule has 0 saturated carbocycles. The topological polar surface area (TPSA) is 34.2 Å². The average Bonchev–Trinajstić information content (AvgIpc) is 2.18. The molecule has 0 radical (unpaired) electrons. The van der Waals surface area contributed by atoms with Gasteiger partial charge < -0.3 is 10.1 Å². The van der Waals surface area contributed by atoms with Crippen molar-refractivity contribution in [3.8, 4) is 5.75 Å². The maximum atomic E-state index is 5.97. The van der Waals surface area contributed by atoms with Crippen molar-refractivity contribution >= 4 is 17.4 Å². The summed E-state index contributed by atoms with van der Waals surface area (Å²) in [6.45, 7) is 8.08. The van der Waals surface area contributed by atoms with E-state index < -0.39 is 0 Å². The minimum absolute atomic E-state index is 0.141. The van der Waals surface area contributed by atoms with E-state index in [0.29, 0.717) is 0 Å². The lowest BCUT2D eigenvalue weighted by molar-refractivity contribution is 0.242. The van der Waals surface area contributed by atoms with E-state index in [1.807, 2.05) is 32.9 Å². The minimum Gasteiger partial charge on any atom is -0.487 e. The maximum Gasteiger partial charge on any atom is 0.168 e. The molecular weight excluding hydrogens is 236 g/mol. The summed E-state index contributed by atoms with van der Waals surface area (Å²) in [5.41, 5.74) is 0. The number of hydrogen-bond acceptors (Lipinski definition) is 3. The predicted molar refractivity (Wildman–Crippen MR) is 73.0 cm³/mol. The summed E-state index contributed by atoms with van der Waals surface area (Å²) in [6.07, 6.45) is 2.79. The largest absolute Gasteiger partial charge is 0.487 e. The van der Waals surface area contributed by atoms with Crippen molar-refractivity contribution in [1.29, 1.82) is 0 Å². The highest BCUT2D eigenvalue weighted by Gasteiger charge is 2.11. The fourth-order valence-electron chi connectivity index (χ4n) is 1.63. The number of halogens is 1. The number of alkyl halides is 1. The molecule has 0 spiro atoms. The summed E-state index contributed by atoms with van der Waals surface area (Å²) in [7, 11) is 0. The number of hydrogen-bond donors (Lipinski definition) is 1. The van der Waals surface area contributed by atoms with E-state index >= 15 is 0 Å². The minimum atomic E-state index is 0.141. The molecule has 0 saturated heterocycles. The van der Waals surface area contributed by atoms with Gasteiger partial charge in [-0.05, 0) is 46.2 Å². The van der Waals surface area contributed by atoms with Crippen LogP contribution in [-0.4, -0.2) is 22.5 Å². The van der Waals surface area contributed by atoms with Crippen LogP contribution < -0.4 is 10.1 Å². The fourth-order valence-corrected chi connectivity index (χ4v) is 1.89. The average molecular weight is 257 g/mol. The number of aromatic nitrogens is 1. The van der Waals surface area contributed by atoms with Crippen LogP contribution in [0.25, 0.3) is 0 Å². The Kier molecular flexibility index (Phi) is 5.56. The van der Waals surface area contributed by atoms with Crippen LogP contribution in [0.1, 0.15) is 34.1 Å². The van der Waals surface area contributed by atoms with E-state index in [2.05, 4.69) is 17.2 Å². The number of nitrogens with one attached hydrogen (secondary N) is 1. The molecule has 0 fully saturated rings. The molecule has 96 valence electrons. The van der Waals surface area contributed by atoms with E-state index in [4.69, 9.17) is 16.3 Å². The Hall–Kier alpha value is -0.960. The highest BCUT2D eigenvalue weighted by Crippen LogP contribution is 2.23. The van der Waals surface area contributed by atoms with Gasteiger partial charge in [0, 0.05) is 17.6 Å². The van der Waals surface area contributed by atoms with Crippen LogP contribution in [0, 0.1) is 0 Å². The summed E-state index contributed by atoms with van der Waals surface area (Å²) >= 11 is 5.97. The second kappa shape index (κ2) is 6.70. The van der Waals surface area contributed by atoms with Gasteiger partial charge in [-0.2, -0.15) is 0 Å². The van der Waals surface area contributed by atoms with Crippen LogP contribution in [0.2, 0.25) is 0 Å². The first kappa shape index (κ1) is 14.1. The van der Waals surface area contributed by atoms with Crippen LogP contribution in [0.15, 0.2) is 18.3 Å². The van der Waals surface area contributed by atoms with Crippen LogP contribution in [0.5, 0.6) is 5.75 Å². The van der Waals surface area contributed by atoms with E-state index in [1.54, 1.807) is 6.20 Å². The Labute approximate surface area is 109 Å². The van der Waals surface area contributed by atoms with Crippen molar-refractivity contribution in [1.82, 2.24) is 4.98 Å². The quantitative estimate of drug-likeness (QED) is 0.789. The van der Waals surface area contributed by atoms with E-state index in [9.17, 15) is 0 Å². The number of rotatable bonds is 6. The highest BCUT2D eigenvalue weighted by atomic mass is 35.5. The second-order valence-corrected chi connectivity index (χ2v) is 5.32. The zero-order valence-electron chi connectivity index (χ0n) is 10.9. The van der Waals surface area contributed by atoms with Crippen LogP contribution in [0.3, 0.4) is 0 Å². The van der Waals surface area contributed by atoms with Crippen molar-refractivity contribution in [3.05, 3.63) is 18.3 Å². The molecule has 1 heterocycles. The summed E-state index contributed by atoms with van der Waals surface area (Å²) in [4.78, 5) is 4.30. The highest BCUT2D eigenvalue weighted by molar-refractivity contribution is 6.20. The normalized spacial score (nSPS) is 14.5. The van der Waals surface area contributed by atoms with E-state index in [1.165, 1.54) is 0 Å². The van der Waals surface area contributed by atoms with E-state index in [-0.39, 0.29) is 17.5 Å². The number of ether oxygens (including phenoxy) is 1. The first-order valence-electron chi connectivity index (χ1n) is 6.01. The van der Waals surface area contributed by atoms with Crippen molar-refractivity contribution < 1.29 is 4.74 Å². The summed E-state index contributed by atoms with van der Waals surface area (Å²) in [5.74, 6) is 1.57. The lowest BCUT2D eigenvalue weighted by Gasteiger charge is -2.19. The van der Waals surface area contributed by atoms with Gasteiger partial charge in [0.25, 0.3) is 0 Å². The van der Waals surface area contributed by atoms with Crippen molar-refractivity contribution in [2.45, 2.75) is 51.6 Å². The Bertz CT molecular complexity index is 342. The molecule has 1 rings (SSSR count). The van der Waals surface area contributed by atoms with Gasteiger partial charge in [-0.15, -0.1) is 11.6 Å². The standard InChI is InChI=1S/C13H21ClN2O/c1-9(2)17-12-6-5-7-15-13(12)16-11(4)8-10(3)14/h5-7,9-11H,8H2,1-4H3,(H,15,16). The Morgan fingerprint density at radius 3 is 2.65 bits per heavy atom. The molecule has 0 amide bonds. The van der Waals surface area contributed by atoms with Crippen molar-refractivity contribution in [2.75, 3.05) is 5.32 Å². The fraction of sp³-hybridized carbons (Fsp3) is 0.615. The molecule has 3 nitrogen and oxygen atoms in total. The van der Waals surface area contributed by atoms with Gasteiger partial charge in [0.05, 0.1) is 6.10 Å². The van der Waals surface area contributed by atoms with Gasteiger partial charge in [0.1, 0.15) is 0 Å². The van der Waals surface area contributed by atoms with Crippen LogP contribution in [0.4, 0.5) is 5.82 Å². The number of nitrogens with zero attached hydrogens (tertiary/aromatic N) is 1. The predicted octanol–water partition coefficient (Wildman–Crippen LogP) is 3.69. The third kappa shape index (κ3) is 5.26. The summed E-state index contributed by atoms with van der Waals surface area (Å²) in [5, 5.41) is 3.48. The van der Waals surface area contributed by atoms with Crippen molar-refractivity contribution in [2.24, 2.45) is 0 Å². The van der Waals surface area contributed by atoms with Crippen molar-refractivity contribution in [3.63, 3.8) is 0 Å². The van der Waals surface area contributed by atoms with Crippen LogP contribution >= 0.6 is 11.6 Å². The molecule has 2 unspecified atom stereocenters. The molecule has 1 aromatic heterocycles. The van der Waals surface area contributed by atoms with Gasteiger partial charge in [-0.1, -0.05) is 0 Å². The molecular formula is C13H21ClN2O. The van der Waals surface area contributed by atoms with Gasteiger partial charge in [-0.3, -0.25) is 0 Å². The maximum absolute atomic E-state index is 5.97. The molecule has 0 aliphatic heterocycles. The third-order valence-electron chi connectivity index (χ3n) is 2.19. The Morgan fingerprint density at radius 2 is 2.06 bits per heavy atom. The second-order valence-electron chi connectivity index (χ2n) is 4.58. The first-order valence-corrected chi connectivity index (χ1v) is 6.45. The molecule has 2 atom stereocenters. The zero-order chi connectivity index (χ0) is 12.8. The van der Waals surface area contributed by atoms with Gasteiger partial charge in [0.2, 0.25) is 0 Å². The molecule has 0 bridgehead atoms. The zero-order valence-corrected chi connectivity index (χ0v) is 11.7. The van der Waals surface area contributed by atoms with Crippen LogP contribution in [-0.2, 0) is 0 Å². The molecule has 0 aliphatic carbocycles.